The molecule has 1 heterocycles. The Balaban J connectivity index is 1.78. The first-order valence-electron chi connectivity index (χ1n) is 7.72. The fraction of sp³-hybridized carbons (Fsp3) is 0.167. The van der Waals surface area contributed by atoms with Gasteiger partial charge in [-0.15, -0.1) is 5.10 Å². The highest BCUT2D eigenvalue weighted by atomic mass is 16.5. The van der Waals surface area contributed by atoms with E-state index in [9.17, 15) is 9.59 Å². The Morgan fingerprint density at radius 1 is 1.08 bits per heavy atom. The molecule has 2 aromatic carbocycles. The molecule has 0 amide bonds. The highest BCUT2D eigenvalue weighted by Crippen LogP contribution is 2.19. The second kappa shape index (κ2) is 7.48. The number of Topliss-reactive ketones (excluding diaryl/α,β-unsaturated/α-hetero) is 1. The van der Waals surface area contributed by atoms with Gasteiger partial charge in [-0.3, -0.25) is 4.79 Å². The summed E-state index contributed by atoms with van der Waals surface area (Å²) in [5.41, 5.74) is 1.52. The van der Waals surface area contributed by atoms with Crippen LogP contribution in [0.3, 0.4) is 0 Å². The van der Waals surface area contributed by atoms with Crippen LogP contribution in [0.15, 0.2) is 60.9 Å². The minimum Gasteiger partial charge on any atom is -0.425 e. The Bertz CT molecular complexity index is 846. The van der Waals surface area contributed by atoms with Crippen molar-refractivity contribution in [2.24, 2.45) is 0 Å². The summed E-state index contributed by atoms with van der Waals surface area (Å²) in [7, 11) is 0. The maximum absolute atomic E-state index is 12.6. The van der Waals surface area contributed by atoms with Crippen LogP contribution in [0.4, 0.5) is 0 Å². The van der Waals surface area contributed by atoms with Crippen LogP contribution in [-0.2, 0) is 11.2 Å². The number of carbonyl (C=O) groups excluding carboxylic acids is 2. The van der Waals surface area contributed by atoms with Crippen LogP contribution in [0.2, 0.25) is 0 Å². The van der Waals surface area contributed by atoms with Crippen LogP contribution in [0.5, 0.6) is 5.75 Å². The van der Waals surface area contributed by atoms with E-state index in [-0.39, 0.29) is 5.78 Å². The summed E-state index contributed by atoms with van der Waals surface area (Å²) in [5.74, 6) is -0.165. The Morgan fingerprint density at radius 3 is 2.40 bits per heavy atom. The number of rotatable bonds is 6. The minimum absolute atomic E-state index is 0.0477. The van der Waals surface area contributed by atoms with Gasteiger partial charge in [-0.1, -0.05) is 30.3 Å². The summed E-state index contributed by atoms with van der Waals surface area (Å²) in [6.07, 6.45) is 1.78. The lowest BCUT2D eigenvalue weighted by Gasteiger charge is -2.15. The molecule has 25 heavy (non-hydrogen) atoms. The number of carbonyl (C=O) groups is 2. The van der Waals surface area contributed by atoms with Crippen molar-refractivity contribution in [2.75, 3.05) is 0 Å². The van der Waals surface area contributed by atoms with Crippen molar-refractivity contribution in [1.29, 1.82) is 0 Å². The summed E-state index contributed by atoms with van der Waals surface area (Å²) in [6, 6.07) is 15.3. The number of esters is 1. The van der Waals surface area contributed by atoms with E-state index in [1.165, 1.54) is 17.9 Å². The van der Waals surface area contributed by atoms with E-state index in [0.717, 1.165) is 5.56 Å². The third-order valence-corrected chi connectivity index (χ3v) is 3.71. The van der Waals surface area contributed by atoms with Crippen molar-refractivity contribution in [3.05, 3.63) is 72.1 Å². The van der Waals surface area contributed by atoms with Crippen molar-refractivity contribution in [2.45, 2.75) is 19.4 Å². The SMILES string of the molecule is CC(=O)c1ccc(OC(=O)[C@@H](Cc2ccccc2)n2cnnn2)cc1. The van der Waals surface area contributed by atoms with Gasteiger partial charge in [0.1, 0.15) is 12.1 Å². The molecule has 126 valence electrons. The number of tetrazole rings is 1. The molecule has 0 radical (unpaired) electrons. The number of hydrogen-bond acceptors (Lipinski definition) is 6. The van der Waals surface area contributed by atoms with Gasteiger partial charge in [-0.05, 0) is 47.2 Å². The predicted octanol–water partition coefficient (Wildman–Crippen LogP) is 2.27. The van der Waals surface area contributed by atoms with Crippen molar-refractivity contribution >= 4 is 11.8 Å². The molecule has 0 saturated heterocycles. The zero-order valence-corrected chi connectivity index (χ0v) is 13.6. The Labute approximate surface area is 144 Å². The lowest BCUT2D eigenvalue weighted by Crippen LogP contribution is -2.27. The van der Waals surface area contributed by atoms with E-state index in [2.05, 4.69) is 15.5 Å². The highest BCUT2D eigenvalue weighted by molar-refractivity contribution is 5.94. The molecular weight excluding hydrogens is 320 g/mol. The molecule has 0 spiro atoms. The molecule has 0 fully saturated rings. The van der Waals surface area contributed by atoms with Gasteiger partial charge in [0, 0.05) is 12.0 Å². The molecule has 0 aliphatic carbocycles. The van der Waals surface area contributed by atoms with E-state index in [1.807, 2.05) is 30.3 Å². The van der Waals surface area contributed by atoms with Crippen LogP contribution in [0, 0.1) is 0 Å². The van der Waals surface area contributed by atoms with Crippen LogP contribution in [0.25, 0.3) is 0 Å². The molecule has 0 bridgehead atoms. The second-order valence-electron chi connectivity index (χ2n) is 5.50. The van der Waals surface area contributed by atoms with Crippen molar-refractivity contribution in [3.8, 4) is 5.75 Å². The van der Waals surface area contributed by atoms with Crippen LogP contribution in [-0.4, -0.2) is 32.0 Å². The normalized spacial score (nSPS) is 11.7. The quantitative estimate of drug-likeness (QED) is 0.390. The molecule has 1 aromatic heterocycles. The predicted molar refractivity (Wildman–Crippen MR) is 89.1 cm³/mol. The van der Waals surface area contributed by atoms with Crippen molar-refractivity contribution in [3.63, 3.8) is 0 Å². The fourth-order valence-corrected chi connectivity index (χ4v) is 2.38. The van der Waals surface area contributed by atoms with Crippen molar-refractivity contribution in [1.82, 2.24) is 20.2 Å². The molecule has 0 aliphatic heterocycles. The van der Waals surface area contributed by atoms with Crippen LogP contribution >= 0.6 is 0 Å². The first kappa shape index (κ1) is 16.5. The summed E-state index contributed by atoms with van der Waals surface area (Å²) in [5, 5.41) is 11.0. The van der Waals surface area contributed by atoms with Gasteiger partial charge in [-0.2, -0.15) is 0 Å². The number of ketones is 1. The van der Waals surface area contributed by atoms with Gasteiger partial charge >= 0.3 is 5.97 Å². The highest BCUT2D eigenvalue weighted by Gasteiger charge is 2.24. The molecule has 1 atom stereocenters. The van der Waals surface area contributed by atoms with E-state index < -0.39 is 12.0 Å². The van der Waals surface area contributed by atoms with Gasteiger partial charge in [-0.25, -0.2) is 9.48 Å². The van der Waals surface area contributed by atoms with Gasteiger partial charge in [0.25, 0.3) is 0 Å². The number of benzene rings is 2. The second-order valence-corrected chi connectivity index (χ2v) is 5.50. The number of aromatic nitrogens is 4. The lowest BCUT2D eigenvalue weighted by atomic mass is 10.1. The number of nitrogens with zero attached hydrogens (tertiary/aromatic N) is 4. The monoisotopic (exact) mass is 336 g/mol. The molecule has 0 unspecified atom stereocenters. The standard InChI is InChI=1S/C18H16N4O3/c1-13(23)15-7-9-16(10-8-15)25-18(24)17(22-12-19-20-21-22)11-14-5-3-2-4-6-14/h2-10,12,17H,11H2,1H3/t17-/m1/s1. The van der Waals surface area contributed by atoms with Crippen LogP contribution in [0.1, 0.15) is 28.9 Å². The maximum atomic E-state index is 12.6. The average molecular weight is 336 g/mol. The molecule has 7 nitrogen and oxygen atoms in total. The third-order valence-electron chi connectivity index (χ3n) is 3.71. The summed E-state index contributed by atoms with van der Waals surface area (Å²) in [6.45, 7) is 1.48. The Morgan fingerprint density at radius 2 is 1.80 bits per heavy atom. The summed E-state index contributed by atoms with van der Waals surface area (Å²) < 4.78 is 6.81. The van der Waals surface area contributed by atoms with Crippen molar-refractivity contribution < 1.29 is 14.3 Å². The molecule has 7 heteroatoms. The first-order chi connectivity index (χ1) is 12.1. The molecule has 0 N–H and O–H groups in total. The van der Waals surface area contributed by atoms with Gasteiger partial charge < -0.3 is 4.74 Å². The summed E-state index contributed by atoms with van der Waals surface area (Å²) >= 11 is 0. The molecule has 0 aliphatic rings. The molecule has 3 aromatic rings. The van der Waals surface area contributed by atoms with E-state index in [0.29, 0.717) is 17.7 Å². The smallest absolute Gasteiger partial charge is 0.336 e. The van der Waals surface area contributed by atoms with Gasteiger partial charge in [0.15, 0.2) is 11.8 Å². The van der Waals surface area contributed by atoms with Crippen LogP contribution < -0.4 is 4.74 Å². The maximum Gasteiger partial charge on any atom is 0.336 e. The average Bonchev–Trinajstić information content (AvgIpc) is 3.15. The lowest BCUT2D eigenvalue weighted by molar-refractivity contribution is -0.138. The minimum atomic E-state index is -0.690. The Kier molecular flexibility index (Phi) is 4.94. The molecule has 3 rings (SSSR count). The van der Waals surface area contributed by atoms with E-state index in [4.69, 9.17) is 4.74 Å². The Hall–Kier alpha value is -3.35. The fourth-order valence-electron chi connectivity index (χ4n) is 2.38. The molecule has 0 saturated carbocycles. The topological polar surface area (TPSA) is 87.0 Å². The summed E-state index contributed by atoms with van der Waals surface area (Å²) in [4.78, 5) is 23.9. The van der Waals surface area contributed by atoms with E-state index in [1.54, 1.807) is 24.3 Å². The van der Waals surface area contributed by atoms with E-state index >= 15 is 0 Å². The number of ether oxygens (including phenoxy) is 1. The zero-order valence-electron chi connectivity index (χ0n) is 13.6. The first-order valence-corrected chi connectivity index (χ1v) is 7.72. The molecular formula is C18H16N4O3. The number of hydrogen-bond donors (Lipinski definition) is 0. The third kappa shape index (κ3) is 4.14. The largest absolute Gasteiger partial charge is 0.425 e. The van der Waals surface area contributed by atoms with Gasteiger partial charge in [0.05, 0.1) is 0 Å². The zero-order chi connectivity index (χ0) is 17.6. The van der Waals surface area contributed by atoms with Gasteiger partial charge in [0.2, 0.25) is 0 Å².